The molecule has 1 N–H and O–H groups in total. The normalized spacial score (nSPS) is 17.0. The van der Waals surface area contributed by atoms with Crippen LogP contribution in [0.15, 0.2) is 41.0 Å². The number of carbonyl (C=O) groups excluding carboxylic acids is 1. The third kappa shape index (κ3) is 6.88. The number of rotatable bonds is 7. The first-order valence-corrected chi connectivity index (χ1v) is 13.6. The van der Waals surface area contributed by atoms with Crippen LogP contribution in [-0.2, 0) is 23.5 Å². The molecule has 226 valence electrons. The van der Waals surface area contributed by atoms with E-state index in [-0.39, 0.29) is 42.3 Å². The molecule has 2 unspecified atom stereocenters. The van der Waals surface area contributed by atoms with Gasteiger partial charge in [-0.1, -0.05) is 6.92 Å². The number of hydrogen-bond donors (Lipinski definition) is 1. The fraction of sp³-hybridized carbons (Fsp3) is 0.407. The molecule has 2 atom stereocenters. The topological polar surface area (TPSA) is 89.5 Å². The highest BCUT2D eigenvalue weighted by molar-refractivity contribution is 9.10. The van der Waals surface area contributed by atoms with Crippen LogP contribution in [0.1, 0.15) is 60.8 Å². The van der Waals surface area contributed by atoms with Gasteiger partial charge >= 0.3 is 18.4 Å². The minimum atomic E-state index is -4.97. The molecule has 3 aromatic rings. The molecule has 0 fully saturated rings. The monoisotopic (exact) mass is 661 g/mol. The SMILES string of the molecule is CCOC(=O)N1c2ccc(OC)nc2C(Nc2ncc(Br)c(Cc3cc(C(F)(F)F)cc(C(F)(F)F)c3)n2)CC1CC. The predicted molar refractivity (Wildman–Crippen MR) is 144 cm³/mol. The van der Waals surface area contributed by atoms with E-state index in [4.69, 9.17) is 9.47 Å². The van der Waals surface area contributed by atoms with Crippen LogP contribution in [0.5, 0.6) is 5.88 Å². The number of nitrogens with one attached hydrogen (secondary N) is 1. The van der Waals surface area contributed by atoms with Gasteiger partial charge in [-0.25, -0.2) is 19.7 Å². The lowest BCUT2D eigenvalue weighted by Crippen LogP contribution is -2.46. The van der Waals surface area contributed by atoms with Gasteiger partial charge in [0.25, 0.3) is 0 Å². The number of aromatic nitrogens is 3. The second kappa shape index (κ2) is 12.3. The third-order valence-corrected chi connectivity index (χ3v) is 7.29. The third-order valence-electron chi connectivity index (χ3n) is 6.62. The summed E-state index contributed by atoms with van der Waals surface area (Å²) in [6, 6.07) is 3.90. The number of ether oxygens (including phenoxy) is 2. The maximum atomic E-state index is 13.4. The minimum absolute atomic E-state index is 0.0660. The number of amides is 1. The molecule has 1 amide bonds. The van der Waals surface area contributed by atoms with Crippen LogP contribution in [0.4, 0.5) is 42.8 Å². The van der Waals surface area contributed by atoms with Crippen molar-refractivity contribution in [1.82, 2.24) is 15.0 Å². The summed E-state index contributed by atoms with van der Waals surface area (Å²) >= 11 is 3.25. The molecule has 0 aliphatic carbocycles. The molecule has 1 aliphatic rings. The summed E-state index contributed by atoms with van der Waals surface area (Å²) in [6.45, 7) is 3.79. The molecule has 0 radical (unpaired) electrons. The van der Waals surface area contributed by atoms with E-state index in [0.717, 1.165) is 0 Å². The summed E-state index contributed by atoms with van der Waals surface area (Å²) in [5.74, 6) is 0.359. The van der Waals surface area contributed by atoms with Crippen LogP contribution in [-0.4, -0.2) is 40.8 Å². The van der Waals surface area contributed by atoms with Gasteiger partial charge in [0.2, 0.25) is 11.8 Å². The number of fused-ring (bicyclic) bond motifs is 1. The molecular formula is C27H26BrF6N5O3. The Hall–Kier alpha value is -3.62. The predicted octanol–water partition coefficient (Wildman–Crippen LogP) is 7.57. The average molecular weight is 662 g/mol. The zero-order chi connectivity index (χ0) is 30.8. The molecule has 4 rings (SSSR count). The van der Waals surface area contributed by atoms with Crippen LogP contribution in [0, 0.1) is 0 Å². The Balaban J connectivity index is 1.69. The van der Waals surface area contributed by atoms with E-state index >= 15 is 0 Å². The number of benzene rings is 1. The van der Waals surface area contributed by atoms with Crippen molar-refractivity contribution < 1.29 is 40.6 Å². The number of anilines is 2. The molecule has 1 aromatic carbocycles. The van der Waals surface area contributed by atoms with Crippen molar-refractivity contribution in [3.8, 4) is 5.88 Å². The Morgan fingerprint density at radius 2 is 1.74 bits per heavy atom. The molecular weight excluding hydrogens is 636 g/mol. The van der Waals surface area contributed by atoms with Crippen molar-refractivity contribution in [1.29, 1.82) is 0 Å². The summed E-state index contributed by atoms with van der Waals surface area (Å²) in [4.78, 5) is 27.5. The molecule has 42 heavy (non-hydrogen) atoms. The lowest BCUT2D eigenvalue weighted by Gasteiger charge is -2.39. The Morgan fingerprint density at radius 1 is 1.07 bits per heavy atom. The van der Waals surface area contributed by atoms with Gasteiger partial charge in [0, 0.05) is 24.7 Å². The first kappa shape index (κ1) is 31.3. The van der Waals surface area contributed by atoms with E-state index in [1.54, 1.807) is 19.1 Å². The van der Waals surface area contributed by atoms with Crippen molar-refractivity contribution in [3.05, 3.63) is 69.1 Å². The quantitative estimate of drug-likeness (QED) is 0.261. The van der Waals surface area contributed by atoms with Crippen molar-refractivity contribution in [2.24, 2.45) is 0 Å². The lowest BCUT2D eigenvalue weighted by atomic mass is 9.93. The second-order valence-electron chi connectivity index (χ2n) is 9.40. The van der Waals surface area contributed by atoms with Gasteiger partial charge in [-0.3, -0.25) is 4.90 Å². The molecule has 8 nitrogen and oxygen atoms in total. The smallest absolute Gasteiger partial charge is 0.416 e. The van der Waals surface area contributed by atoms with Crippen LogP contribution >= 0.6 is 15.9 Å². The van der Waals surface area contributed by atoms with Gasteiger partial charge in [0.15, 0.2) is 0 Å². The fourth-order valence-corrected chi connectivity index (χ4v) is 5.02. The lowest BCUT2D eigenvalue weighted by molar-refractivity contribution is -0.143. The maximum absolute atomic E-state index is 13.4. The van der Waals surface area contributed by atoms with Crippen LogP contribution in [0.25, 0.3) is 0 Å². The Bertz CT molecular complexity index is 1420. The number of methoxy groups -OCH3 is 1. The van der Waals surface area contributed by atoms with E-state index in [2.05, 4.69) is 36.2 Å². The molecule has 3 heterocycles. The largest absolute Gasteiger partial charge is 0.481 e. The van der Waals surface area contributed by atoms with Crippen LogP contribution in [0.2, 0.25) is 0 Å². The first-order chi connectivity index (χ1) is 19.7. The minimum Gasteiger partial charge on any atom is -0.481 e. The average Bonchev–Trinajstić information content (AvgIpc) is 2.93. The van der Waals surface area contributed by atoms with E-state index in [1.165, 1.54) is 18.2 Å². The highest BCUT2D eigenvalue weighted by atomic mass is 79.9. The van der Waals surface area contributed by atoms with Crippen molar-refractivity contribution in [3.63, 3.8) is 0 Å². The second-order valence-corrected chi connectivity index (χ2v) is 10.3. The van der Waals surface area contributed by atoms with Gasteiger partial charge in [0.1, 0.15) is 0 Å². The van der Waals surface area contributed by atoms with Crippen LogP contribution < -0.4 is 15.0 Å². The molecule has 1 aliphatic heterocycles. The Morgan fingerprint density at radius 3 is 2.31 bits per heavy atom. The van der Waals surface area contributed by atoms with E-state index in [0.29, 0.717) is 46.7 Å². The van der Waals surface area contributed by atoms with Crippen molar-refractivity contribution >= 4 is 33.7 Å². The first-order valence-electron chi connectivity index (χ1n) is 12.8. The molecule has 0 saturated carbocycles. The Kier molecular flexibility index (Phi) is 9.18. The zero-order valence-electron chi connectivity index (χ0n) is 22.6. The summed E-state index contributed by atoms with van der Waals surface area (Å²) in [7, 11) is 1.44. The number of nitrogens with zero attached hydrogens (tertiary/aromatic N) is 4. The van der Waals surface area contributed by atoms with Gasteiger partial charge in [-0.15, -0.1) is 0 Å². The molecule has 0 saturated heterocycles. The zero-order valence-corrected chi connectivity index (χ0v) is 24.2. The maximum Gasteiger partial charge on any atom is 0.416 e. The number of halogens is 7. The summed E-state index contributed by atoms with van der Waals surface area (Å²) in [6.07, 6.45) is -8.51. The summed E-state index contributed by atoms with van der Waals surface area (Å²) in [5.41, 5.74) is -1.94. The van der Waals surface area contributed by atoms with Gasteiger partial charge in [-0.2, -0.15) is 26.3 Å². The van der Waals surface area contributed by atoms with E-state index < -0.39 is 35.6 Å². The Labute approximate surface area is 245 Å². The number of pyridine rings is 1. The number of carbonyl (C=O) groups is 1. The molecule has 0 spiro atoms. The number of hydrogen-bond acceptors (Lipinski definition) is 7. The fourth-order valence-electron chi connectivity index (χ4n) is 4.69. The summed E-state index contributed by atoms with van der Waals surface area (Å²) < 4.78 is 91.1. The number of alkyl halides is 6. The van der Waals surface area contributed by atoms with Crippen molar-refractivity contribution in [2.45, 2.75) is 57.5 Å². The molecule has 15 heteroatoms. The molecule has 0 bridgehead atoms. The van der Waals surface area contributed by atoms with Gasteiger partial charge in [-0.05, 0) is 65.5 Å². The van der Waals surface area contributed by atoms with E-state index in [9.17, 15) is 31.1 Å². The molecule has 2 aromatic heterocycles. The van der Waals surface area contributed by atoms with Gasteiger partial charge in [0.05, 0.1) is 52.4 Å². The standard InChI is InChI=1S/C27H26BrF6N5O3/c1-4-17-12-20(23-21(6-7-22(38-23)41-3)39(17)25(40)42-5-2)37-24-35-13-18(28)19(36-24)10-14-8-15(26(29,30)31)11-16(9-14)27(32,33)34/h6-9,11,13,17,20H,4-5,10,12H2,1-3H3,(H,35,36,37). The van der Waals surface area contributed by atoms with Crippen LogP contribution in [0.3, 0.4) is 0 Å². The van der Waals surface area contributed by atoms with E-state index in [1.807, 2.05) is 6.92 Å². The summed E-state index contributed by atoms with van der Waals surface area (Å²) in [5, 5.41) is 3.17. The van der Waals surface area contributed by atoms with Crippen molar-refractivity contribution in [2.75, 3.05) is 23.9 Å². The van der Waals surface area contributed by atoms with Gasteiger partial charge < -0.3 is 14.8 Å². The highest BCUT2D eigenvalue weighted by Gasteiger charge is 2.39. The highest BCUT2D eigenvalue weighted by Crippen LogP contribution is 2.41.